The SMILES string of the molecule is CC[C@H](C)[C@@H](C(=O)O)N(C)Cc1ccccc1.CC[C@H](C)[C@H](NCc1ccccc1)C(=O)O. The van der Waals surface area contributed by atoms with E-state index in [1.807, 2.05) is 100 Å². The summed E-state index contributed by atoms with van der Waals surface area (Å²) >= 11 is 0. The second kappa shape index (κ2) is 15.2. The Morgan fingerprint density at radius 1 is 0.818 bits per heavy atom. The van der Waals surface area contributed by atoms with Gasteiger partial charge in [0.25, 0.3) is 0 Å². The van der Waals surface area contributed by atoms with E-state index in [2.05, 4.69) is 5.32 Å². The number of likely N-dealkylation sites (N-methyl/N-ethyl adjacent to an activating group) is 1. The minimum atomic E-state index is -0.773. The highest BCUT2D eigenvalue weighted by Crippen LogP contribution is 2.16. The number of hydrogen-bond acceptors (Lipinski definition) is 4. The lowest BCUT2D eigenvalue weighted by atomic mass is 9.97. The number of carboxylic acids is 2. The molecule has 0 aromatic heterocycles. The van der Waals surface area contributed by atoms with Gasteiger partial charge in [0, 0.05) is 13.1 Å². The van der Waals surface area contributed by atoms with E-state index in [4.69, 9.17) is 5.11 Å². The summed E-state index contributed by atoms with van der Waals surface area (Å²) in [5.41, 5.74) is 2.25. The van der Waals surface area contributed by atoms with Gasteiger partial charge in [-0.15, -0.1) is 0 Å². The fraction of sp³-hybridized carbons (Fsp3) is 0.481. The first-order valence-electron chi connectivity index (χ1n) is 11.7. The van der Waals surface area contributed by atoms with Gasteiger partial charge in [0.05, 0.1) is 0 Å². The lowest BCUT2D eigenvalue weighted by Crippen LogP contribution is -2.42. The van der Waals surface area contributed by atoms with Crippen molar-refractivity contribution in [3.8, 4) is 0 Å². The van der Waals surface area contributed by atoms with Gasteiger partial charge in [0.1, 0.15) is 12.1 Å². The molecule has 0 bridgehead atoms. The maximum atomic E-state index is 11.3. The van der Waals surface area contributed by atoms with Crippen LogP contribution >= 0.6 is 0 Å². The largest absolute Gasteiger partial charge is 0.480 e. The predicted octanol–water partition coefficient (Wildman–Crippen LogP) is 4.89. The molecule has 0 saturated heterocycles. The van der Waals surface area contributed by atoms with Gasteiger partial charge in [-0.2, -0.15) is 0 Å². The molecule has 0 aliphatic rings. The van der Waals surface area contributed by atoms with E-state index in [1.54, 1.807) is 0 Å². The summed E-state index contributed by atoms with van der Waals surface area (Å²) in [5, 5.41) is 21.5. The Kier molecular flexibility index (Phi) is 13.0. The molecule has 33 heavy (non-hydrogen) atoms. The quantitative estimate of drug-likeness (QED) is 0.421. The van der Waals surface area contributed by atoms with E-state index in [0.29, 0.717) is 13.1 Å². The van der Waals surface area contributed by atoms with E-state index in [9.17, 15) is 14.7 Å². The molecule has 0 amide bonds. The summed E-state index contributed by atoms with van der Waals surface area (Å²) in [6, 6.07) is 18.9. The van der Waals surface area contributed by atoms with Crippen LogP contribution in [0.15, 0.2) is 60.7 Å². The summed E-state index contributed by atoms with van der Waals surface area (Å²) < 4.78 is 0. The third-order valence-corrected chi connectivity index (χ3v) is 6.03. The van der Waals surface area contributed by atoms with E-state index in [0.717, 1.165) is 24.0 Å². The van der Waals surface area contributed by atoms with Crippen LogP contribution in [0.25, 0.3) is 0 Å². The van der Waals surface area contributed by atoms with Gasteiger partial charge in [0.15, 0.2) is 0 Å². The molecule has 0 saturated carbocycles. The Balaban J connectivity index is 0.000000331. The molecule has 6 nitrogen and oxygen atoms in total. The summed E-state index contributed by atoms with van der Waals surface area (Å²) in [6.45, 7) is 9.24. The lowest BCUT2D eigenvalue weighted by molar-refractivity contribution is -0.145. The number of benzene rings is 2. The topological polar surface area (TPSA) is 89.9 Å². The molecule has 0 radical (unpaired) electrons. The highest BCUT2D eigenvalue weighted by Gasteiger charge is 2.27. The molecule has 4 atom stereocenters. The molecule has 0 spiro atoms. The van der Waals surface area contributed by atoms with E-state index < -0.39 is 24.0 Å². The first kappa shape index (κ1) is 28.3. The van der Waals surface area contributed by atoms with Gasteiger partial charge < -0.3 is 15.5 Å². The Labute approximate surface area is 198 Å². The average Bonchev–Trinajstić information content (AvgIpc) is 2.80. The second-order valence-corrected chi connectivity index (χ2v) is 8.64. The normalized spacial score (nSPS) is 14.5. The van der Waals surface area contributed by atoms with Crippen LogP contribution in [0.5, 0.6) is 0 Å². The molecule has 0 fully saturated rings. The van der Waals surface area contributed by atoms with Crippen LogP contribution in [0.3, 0.4) is 0 Å². The van der Waals surface area contributed by atoms with Crippen LogP contribution in [-0.2, 0) is 22.7 Å². The average molecular weight is 457 g/mol. The van der Waals surface area contributed by atoms with E-state index in [1.165, 1.54) is 0 Å². The smallest absolute Gasteiger partial charge is 0.321 e. The van der Waals surface area contributed by atoms with Gasteiger partial charge in [-0.25, -0.2) is 0 Å². The van der Waals surface area contributed by atoms with Crippen molar-refractivity contribution in [3.05, 3.63) is 71.8 Å². The zero-order valence-corrected chi connectivity index (χ0v) is 20.6. The lowest BCUT2D eigenvalue weighted by Gasteiger charge is -2.29. The number of nitrogens with one attached hydrogen (secondary N) is 1. The predicted molar refractivity (Wildman–Crippen MR) is 133 cm³/mol. The number of nitrogens with zero attached hydrogens (tertiary/aromatic N) is 1. The van der Waals surface area contributed by atoms with E-state index in [-0.39, 0.29) is 11.8 Å². The highest BCUT2D eigenvalue weighted by atomic mass is 16.4. The maximum Gasteiger partial charge on any atom is 0.321 e. The van der Waals surface area contributed by atoms with Crippen molar-refractivity contribution in [1.82, 2.24) is 10.2 Å². The third kappa shape index (κ3) is 10.2. The van der Waals surface area contributed by atoms with E-state index >= 15 is 0 Å². The van der Waals surface area contributed by atoms with Crippen LogP contribution < -0.4 is 5.32 Å². The summed E-state index contributed by atoms with van der Waals surface area (Å²) in [6.07, 6.45) is 1.73. The van der Waals surface area contributed by atoms with Crippen LogP contribution in [0.4, 0.5) is 0 Å². The summed E-state index contributed by atoms with van der Waals surface area (Å²) in [7, 11) is 1.87. The van der Waals surface area contributed by atoms with Gasteiger partial charge in [0.2, 0.25) is 0 Å². The number of carboxylic acid groups (broad SMARTS) is 2. The minimum absolute atomic E-state index is 0.140. The van der Waals surface area contributed by atoms with Crippen LogP contribution in [0, 0.1) is 11.8 Å². The van der Waals surface area contributed by atoms with Crippen molar-refractivity contribution in [3.63, 3.8) is 0 Å². The summed E-state index contributed by atoms with van der Waals surface area (Å²) in [5.74, 6) is -1.22. The van der Waals surface area contributed by atoms with Crippen molar-refractivity contribution in [2.45, 2.75) is 65.7 Å². The molecular formula is C27H40N2O4. The monoisotopic (exact) mass is 456 g/mol. The molecule has 182 valence electrons. The van der Waals surface area contributed by atoms with Crippen molar-refractivity contribution >= 4 is 11.9 Å². The fourth-order valence-corrected chi connectivity index (χ4v) is 3.65. The molecule has 2 aromatic rings. The highest BCUT2D eigenvalue weighted by molar-refractivity contribution is 5.74. The number of aliphatic carboxylic acids is 2. The van der Waals surface area contributed by atoms with Gasteiger partial charge in [-0.1, -0.05) is 101 Å². The van der Waals surface area contributed by atoms with Gasteiger partial charge in [-0.05, 0) is 30.0 Å². The Hall–Kier alpha value is -2.70. The Morgan fingerprint density at radius 3 is 1.73 bits per heavy atom. The third-order valence-electron chi connectivity index (χ3n) is 6.03. The molecule has 0 aliphatic heterocycles. The van der Waals surface area contributed by atoms with Gasteiger partial charge >= 0.3 is 11.9 Å². The van der Waals surface area contributed by atoms with Gasteiger partial charge in [-0.3, -0.25) is 14.5 Å². The Bertz CT molecular complexity index is 813. The molecule has 0 heterocycles. The molecule has 2 rings (SSSR count). The van der Waals surface area contributed by atoms with Crippen LogP contribution in [0.1, 0.15) is 51.7 Å². The zero-order chi connectivity index (χ0) is 24.8. The molecule has 2 aromatic carbocycles. The molecule has 6 heteroatoms. The van der Waals surface area contributed by atoms with Crippen molar-refractivity contribution in [1.29, 1.82) is 0 Å². The molecular weight excluding hydrogens is 416 g/mol. The van der Waals surface area contributed by atoms with Crippen molar-refractivity contribution < 1.29 is 19.8 Å². The Morgan fingerprint density at radius 2 is 1.30 bits per heavy atom. The van der Waals surface area contributed by atoms with Crippen LogP contribution in [-0.4, -0.2) is 46.2 Å². The number of hydrogen-bond donors (Lipinski definition) is 3. The first-order valence-corrected chi connectivity index (χ1v) is 11.7. The molecule has 3 N–H and O–H groups in total. The maximum absolute atomic E-state index is 11.3. The standard InChI is InChI=1S/C14H21NO2.C13H19NO2/c1-4-11(2)13(14(16)17)15(3)10-12-8-6-5-7-9-12;1-3-10(2)12(13(15)16)14-9-11-7-5-4-6-8-11/h5-9,11,13H,4,10H2,1-3H3,(H,16,17);4-8,10,12,14H,3,9H2,1-2H3,(H,15,16)/t11-,13-;10-,12-/m00/s1. The number of rotatable bonds is 12. The first-order chi connectivity index (χ1) is 15.7. The second-order valence-electron chi connectivity index (χ2n) is 8.64. The number of carbonyl (C=O) groups is 2. The molecule has 0 unspecified atom stereocenters. The van der Waals surface area contributed by atoms with Crippen molar-refractivity contribution in [2.75, 3.05) is 7.05 Å². The minimum Gasteiger partial charge on any atom is -0.480 e. The summed E-state index contributed by atoms with van der Waals surface area (Å²) in [4.78, 5) is 24.3. The molecule has 0 aliphatic carbocycles. The fourth-order valence-electron chi connectivity index (χ4n) is 3.65. The van der Waals surface area contributed by atoms with Crippen LogP contribution in [0.2, 0.25) is 0 Å². The van der Waals surface area contributed by atoms with Crippen molar-refractivity contribution in [2.24, 2.45) is 11.8 Å². The zero-order valence-electron chi connectivity index (χ0n) is 20.6.